The largest absolute Gasteiger partial charge is 0.399 e. The molecule has 6 heteroatoms. The first kappa shape index (κ1) is 14.1. The van der Waals surface area contributed by atoms with Crippen molar-refractivity contribution in [1.82, 2.24) is 0 Å². The van der Waals surface area contributed by atoms with E-state index < -0.39 is 21.4 Å². The lowest BCUT2D eigenvalue weighted by molar-refractivity contribution is 0.102. The zero-order valence-electron chi connectivity index (χ0n) is 10.6. The molecule has 104 valence electrons. The maximum Gasteiger partial charge on any atom is 0.185 e. The van der Waals surface area contributed by atoms with Gasteiger partial charge in [0.05, 0.1) is 4.90 Å². The quantitative estimate of drug-likeness (QED) is 0.656. The van der Waals surface area contributed by atoms with Crippen LogP contribution < -0.4 is 11.5 Å². The van der Waals surface area contributed by atoms with E-state index >= 15 is 0 Å². The minimum Gasteiger partial charge on any atom is -0.399 e. The van der Waals surface area contributed by atoms with Crippen molar-refractivity contribution < 1.29 is 13.2 Å². The van der Waals surface area contributed by atoms with Gasteiger partial charge >= 0.3 is 0 Å². The van der Waals surface area contributed by atoms with Gasteiger partial charge in [-0.2, -0.15) is 0 Å². The van der Waals surface area contributed by atoms with Gasteiger partial charge in [0.15, 0.2) is 15.6 Å². The fourth-order valence-electron chi connectivity index (χ4n) is 1.68. The number of sulfone groups is 1. The molecule has 0 radical (unpaired) electrons. The second-order valence-electron chi connectivity index (χ2n) is 4.37. The van der Waals surface area contributed by atoms with E-state index in [0.29, 0.717) is 16.9 Å². The molecule has 2 rings (SSSR count). The van der Waals surface area contributed by atoms with E-state index in [1.165, 1.54) is 36.4 Å². The first-order valence-corrected chi connectivity index (χ1v) is 7.51. The van der Waals surface area contributed by atoms with Gasteiger partial charge in [0.25, 0.3) is 0 Å². The van der Waals surface area contributed by atoms with E-state index in [-0.39, 0.29) is 4.90 Å². The molecule has 5 nitrogen and oxygen atoms in total. The van der Waals surface area contributed by atoms with Crippen molar-refractivity contribution in [2.75, 3.05) is 17.2 Å². The fraction of sp³-hybridized carbons (Fsp3) is 0.0714. The van der Waals surface area contributed by atoms with Gasteiger partial charge in [-0.05, 0) is 48.5 Å². The van der Waals surface area contributed by atoms with E-state index in [4.69, 9.17) is 11.5 Å². The zero-order valence-corrected chi connectivity index (χ0v) is 11.4. The average Bonchev–Trinajstić information content (AvgIpc) is 2.39. The SMILES string of the molecule is Nc1ccc(C(=O)CS(=O)(=O)c2ccc(N)cc2)cc1. The summed E-state index contributed by atoms with van der Waals surface area (Å²) in [5, 5.41) is 0. The number of anilines is 2. The molecule has 2 aromatic rings. The predicted molar refractivity (Wildman–Crippen MR) is 78.1 cm³/mol. The normalized spacial score (nSPS) is 11.2. The van der Waals surface area contributed by atoms with Gasteiger partial charge in [0.2, 0.25) is 0 Å². The highest BCUT2D eigenvalue weighted by Gasteiger charge is 2.20. The maximum absolute atomic E-state index is 12.1. The summed E-state index contributed by atoms with van der Waals surface area (Å²) in [6, 6.07) is 11.9. The summed E-state index contributed by atoms with van der Waals surface area (Å²) < 4.78 is 24.2. The third-order valence-electron chi connectivity index (χ3n) is 2.79. The van der Waals surface area contributed by atoms with Crippen LogP contribution in [-0.2, 0) is 9.84 Å². The third-order valence-corrected chi connectivity index (χ3v) is 4.43. The standard InChI is InChI=1S/C14H14N2O3S/c15-11-3-1-10(2-4-11)14(17)9-20(18,19)13-7-5-12(16)6-8-13/h1-8H,9,15-16H2. The van der Waals surface area contributed by atoms with Crippen molar-refractivity contribution in [2.45, 2.75) is 4.90 Å². The maximum atomic E-state index is 12.1. The van der Waals surface area contributed by atoms with Crippen LogP contribution in [0.4, 0.5) is 11.4 Å². The highest BCUT2D eigenvalue weighted by Crippen LogP contribution is 2.15. The minimum atomic E-state index is -3.67. The highest BCUT2D eigenvalue weighted by atomic mass is 32.2. The summed E-state index contributed by atoms with van der Waals surface area (Å²) >= 11 is 0. The molecule has 0 spiro atoms. The van der Waals surface area contributed by atoms with Crippen molar-refractivity contribution in [3.8, 4) is 0 Å². The summed E-state index contributed by atoms with van der Waals surface area (Å²) in [4.78, 5) is 12.0. The van der Waals surface area contributed by atoms with Crippen LogP contribution in [0, 0.1) is 0 Å². The third kappa shape index (κ3) is 3.16. The molecule has 0 unspecified atom stereocenters. The minimum absolute atomic E-state index is 0.0792. The van der Waals surface area contributed by atoms with E-state index in [1.807, 2.05) is 0 Å². The Morgan fingerprint density at radius 2 is 1.30 bits per heavy atom. The molecular formula is C14H14N2O3S. The van der Waals surface area contributed by atoms with E-state index in [2.05, 4.69) is 0 Å². The number of hydrogen-bond donors (Lipinski definition) is 2. The van der Waals surface area contributed by atoms with Crippen LogP contribution in [0.3, 0.4) is 0 Å². The van der Waals surface area contributed by atoms with Crippen molar-refractivity contribution in [3.05, 3.63) is 54.1 Å². The van der Waals surface area contributed by atoms with Gasteiger partial charge in [-0.3, -0.25) is 4.79 Å². The summed E-state index contributed by atoms with van der Waals surface area (Å²) in [6.45, 7) is 0. The van der Waals surface area contributed by atoms with Crippen molar-refractivity contribution in [2.24, 2.45) is 0 Å². The number of Topliss-reactive ketones (excluding diaryl/α,β-unsaturated/α-hetero) is 1. The average molecular weight is 290 g/mol. The van der Waals surface area contributed by atoms with Gasteiger partial charge < -0.3 is 11.5 Å². The molecule has 2 aromatic carbocycles. The molecule has 20 heavy (non-hydrogen) atoms. The van der Waals surface area contributed by atoms with Gasteiger partial charge in [-0.1, -0.05) is 0 Å². The van der Waals surface area contributed by atoms with Gasteiger partial charge in [0, 0.05) is 16.9 Å². The second kappa shape index (κ2) is 5.34. The number of nitrogen functional groups attached to an aromatic ring is 2. The van der Waals surface area contributed by atoms with E-state index in [9.17, 15) is 13.2 Å². The Morgan fingerprint density at radius 1 is 0.850 bits per heavy atom. The Morgan fingerprint density at radius 3 is 1.80 bits per heavy atom. The van der Waals surface area contributed by atoms with Crippen LogP contribution >= 0.6 is 0 Å². The highest BCUT2D eigenvalue weighted by molar-refractivity contribution is 7.92. The Kier molecular flexibility index (Phi) is 3.76. The molecular weight excluding hydrogens is 276 g/mol. The van der Waals surface area contributed by atoms with Crippen LogP contribution in [-0.4, -0.2) is 20.0 Å². The molecule has 0 bridgehead atoms. The molecule has 0 aliphatic heterocycles. The number of nitrogens with two attached hydrogens (primary N) is 2. The Bertz CT molecular complexity index is 720. The number of ketones is 1. The number of carbonyl (C=O) groups is 1. The lowest BCUT2D eigenvalue weighted by atomic mass is 10.1. The van der Waals surface area contributed by atoms with Crippen molar-refractivity contribution in [3.63, 3.8) is 0 Å². The molecule has 0 aliphatic rings. The summed E-state index contributed by atoms with van der Waals surface area (Å²) in [6.07, 6.45) is 0. The van der Waals surface area contributed by atoms with E-state index in [1.54, 1.807) is 12.1 Å². The van der Waals surface area contributed by atoms with Crippen LogP contribution in [0.5, 0.6) is 0 Å². The Balaban J connectivity index is 2.22. The Labute approximate surface area is 117 Å². The molecule has 0 atom stereocenters. The first-order valence-electron chi connectivity index (χ1n) is 5.85. The monoisotopic (exact) mass is 290 g/mol. The van der Waals surface area contributed by atoms with Crippen LogP contribution in [0.2, 0.25) is 0 Å². The molecule has 0 aromatic heterocycles. The number of rotatable bonds is 4. The van der Waals surface area contributed by atoms with Crippen molar-refractivity contribution >= 4 is 27.0 Å². The number of carbonyl (C=O) groups excluding carboxylic acids is 1. The summed E-state index contributed by atoms with van der Waals surface area (Å²) in [5.41, 5.74) is 12.3. The molecule has 4 N–H and O–H groups in total. The summed E-state index contributed by atoms with van der Waals surface area (Å²) in [5.74, 6) is -1.05. The molecule has 0 heterocycles. The van der Waals surface area contributed by atoms with Gasteiger partial charge in [-0.25, -0.2) is 8.42 Å². The molecule has 0 aliphatic carbocycles. The first-order chi connectivity index (χ1) is 9.38. The lowest BCUT2D eigenvalue weighted by Gasteiger charge is -2.05. The van der Waals surface area contributed by atoms with Crippen LogP contribution in [0.1, 0.15) is 10.4 Å². The van der Waals surface area contributed by atoms with Gasteiger partial charge in [-0.15, -0.1) is 0 Å². The topological polar surface area (TPSA) is 103 Å². The molecule has 0 saturated carbocycles. The molecule has 0 amide bonds. The molecule has 0 saturated heterocycles. The smallest absolute Gasteiger partial charge is 0.185 e. The van der Waals surface area contributed by atoms with Gasteiger partial charge in [0.1, 0.15) is 5.75 Å². The van der Waals surface area contributed by atoms with Crippen LogP contribution in [0.25, 0.3) is 0 Å². The Hall–Kier alpha value is -2.34. The van der Waals surface area contributed by atoms with E-state index in [0.717, 1.165) is 0 Å². The number of benzene rings is 2. The summed E-state index contributed by atoms with van der Waals surface area (Å²) in [7, 11) is -3.67. The zero-order chi connectivity index (χ0) is 14.8. The van der Waals surface area contributed by atoms with Crippen molar-refractivity contribution in [1.29, 1.82) is 0 Å². The second-order valence-corrected chi connectivity index (χ2v) is 6.36. The van der Waals surface area contributed by atoms with Crippen LogP contribution in [0.15, 0.2) is 53.4 Å². The predicted octanol–water partition coefficient (Wildman–Crippen LogP) is 1.51. The number of hydrogen-bond acceptors (Lipinski definition) is 5. The fourth-order valence-corrected chi connectivity index (χ4v) is 2.91. The lowest BCUT2D eigenvalue weighted by Crippen LogP contribution is -2.16. The molecule has 0 fully saturated rings.